The molecule has 7 heteroatoms. The van der Waals surface area contributed by atoms with Crippen LogP contribution in [-0.2, 0) is 13.0 Å². The van der Waals surface area contributed by atoms with Crippen LogP contribution in [0.4, 0.5) is 11.6 Å². The highest BCUT2D eigenvalue weighted by Gasteiger charge is 2.21. The molecule has 1 aliphatic heterocycles. The number of nitrogens with one attached hydrogen (secondary N) is 1. The number of pyridine rings is 1. The fourth-order valence-electron chi connectivity index (χ4n) is 3.12. The van der Waals surface area contributed by atoms with Gasteiger partial charge in [-0.1, -0.05) is 0 Å². The molecule has 3 N–H and O–H groups in total. The standard InChI is InChI=1S/C17H20N6S/c1-11(23-6-4-14-12(9-23)5-7-24-14)8-19-16-13-2-3-15(18)22-17(13)21-10-20-16/h2-3,5,7,10-11H,4,6,8-9H2,1H3,(H3,18,19,20,21,22). The predicted molar refractivity (Wildman–Crippen MR) is 98.1 cm³/mol. The van der Waals surface area contributed by atoms with E-state index >= 15 is 0 Å². The molecule has 24 heavy (non-hydrogen) atoms. The summed E-state index contributed by atoms with van der Waals surface area (Å²) in [6.45, 7) is 5.23. The van der Waals surface area contributed by atoms with E-state index in [0.717, 1.165) is 37.3 Å². The lowest BCUT2D eigenvalue weighted by Crippen LogP contribution is -2.40. The Bertz CT molecular complexity index is 861. The van der Waals surface area contributed by atoms with E-state index in [4.69, 9.17) is 5.73 Å². The largest absolute Gasteiger partial charge is 0.384 e. The summed E-state index contributed by atoms with van der Waals surface area (Å²) >= 11 is 1.88. The number of hydrogen-bond donors (Lipinski definition) is 2. The van der Waals surface area contributed by atoms with Gasteiger partial charge in [0.15, 0.2) is 5.65 Å². The molecule has 0 aromatic carbocycles. The van der Waals surface area contributed by atoms with E-state index in [1.807, 2.05) is 17.4 Å². The number of thiophene rings is 1. The van der Waals surface area contributed by atoms with Gasteiger partial charge in [-0.05, 0) is 42.5 Å². The molecule has 0 amide bonds. The summed E-state index contributed by atoms with van der Waals surface area (Å²) in [6, 6.07) is 6.37. The minimum absolute atomic E-state index is 0.421. The molecule has 1 aliphatic rings. The second-order valence-electron chi connectivity index (χ2n) is 6.15. The molecule has 0 bridgehead atoms. The molecule has 1 atom stereocenters. The average Bonchev–Trinajstić information content (AvgIpc) is 3.06. The lowest BCUT2D eigenvalue weighted by atomic mass is 10.1. The van der Waals surface area contributed by atoms with Crippen LogP contribution in [0.2, 0.25) is 0 Å². The number of nitrogens with two attached hydrogens (primary N) is 1. The summed E-state index contributed by atoms with van der Waals surface area (Å²) in [5, 5.41) is 6.55. The summed E-state index contributed by atoms with van der Waals surface area (Å²) in [4.78, 5) is 16.9. The summed E-state index contributed by atoms with van der Waals surface area (Å²) in [7, 11) is 0. The molecule has 0 fully saturated rings. The Kier molecular flexibility index (Phi) is 4.03. The fourth-order valence-corrected chi connectivity index (χ4v) is 4.01. The number of nitrogens with zero attached hydrogens (tertiary/aromatic N) is 4. The lowest BCUT2D eigenvalue weighted by molar-refractivity contribution is 0.200. The van der Waals surface area contributed by atoms with Crippen molar-refractivity contribution in [3.8, 4) is 0 Å². The van der Waals surface area contributed by atoms with Gasteiger partial charge in [0.2, 0.25) is 0 Å². The molecule has 124 valence electrons. The maximum atomic E-state index is 5.73. The first-order chi connectivity index (χ1) is 11.7. The third-order valence-corrected chi connectivity index (χ3v) is 5.57. The Labute approximate surface area is 144 Å². The first-order valence-corrected chi connectivity index (χ1v) is 8.99. The van der Waals surface area contributed by atoms with Crippen molar-refractivity contribution < 1.29 is 0 Å². The van der Waals surface area contributed by atoms with Crippen LogP contribution < -0.4 is 11.1 Å². The van der Waals surface area contributed by atoms with E-state index in [9.17, 15) is 0 Å². The van der Waals surface area contributed by atoms with E-state index in [1.54, 1.807) is 6.07 Å². The number of hydrogen-bond acceptors (Lipinski definition) is 7. The summed E-state index contributed by atoms with van der Waals surface area (Å²) in [5.74, 6) is 1.29. The summed E-state index contributed by atoms with van der Waals surface area (Å²) in [5.41, 5.74) is 7.83. The van der Waals surface area contributed by atoms with E-state index < -0.39 is 0 Å². The van der Waals surface area contributed by atoms with Gasteiger partial charge >= 0.3 is 0 Å². The Hall–Kier alpha value is -2.25. The van der Waals surface area contributed by atoms with Crippen LogP contribution in [0, 0.1) is 0 Å². The van der Waals surface area contributed by atoms with E-state index in [-0.39, 0.29) is 0 Å². The smallest absolute Gasteiger partial charge is 0.166 e. The normalized spacial score (nSPS) is 16.0. The molecule has 4 rings (SSSR count). The molecule has 0 saturated heterocycles. The second-order valence-corrected chi connectivity index (χ2v) is 7.15. The zero-order valence-electron chi connectivity index (χ0n) is 13.6. The van der Waals surface area contributed by atoms with Gasteiger partial charge in [0, 0.05) is 30.6 Å². The number of nitrogen functional groups attached to an aromatic ring is 1. The van der Waals surface area contributed by atoms with Gasteiger partial charge in [0.1, 0.15) is 18.0 Å². The highest BCUT2D eigenvalue weighted by atomic mass is 32.1. The summed E-state index contributed by atoms with van der Waals surface area (Å²) < 4.78 is 0. The van der Waals surface area contributed by atoms with Crippen molar-refractivity contribution in [2.45, 2.75) is 25.9 Å². The van der Waals surface area contributed by atoms with Gasteiger partial charge in [-0.2, -0.15) is 0 Å². The SMILES string of the molecule is CC(CNc1ncnc2nc(N)ccc12)N1CCc2sccc2C1. The van der Waals surface area contributed by atoms with Gasteiger partial charge in [-0.3, -0.25) is 4.90 Å². The first kappa shape index (κ1) is 15.3. The van der Waals surface area contributed by atoms with Crippen molar-refractivity contribution in [3.05, 3.63) is 40.3 Å². The van der Waals surface area contributed by atoms with Crippen LogP contribution in [0.3, 0.4) is 0 Å². The third kappa shape index (κ3) is 2.92. The molecular weight excluding hydrogens is 320 g/mol. The van der Waals surface area contributed by atoms with Gasteiger partial charge in [-0.25, -0.2) is 15.0 Å². The molecule has 0 aliphatic carbocycles. The predicted octanol–water partition coefficient (Wildman–Crippen LogP) is 2.53. The molecule has 1 unspecified atom stereocenters. The van der Waals surface area contributed by atoms with E-state index in [0.29, 0.717) is 17.5 Å². The number of rotatable bonds is 4. The van der Waals surface area contributed by atoms with E-state index in [2.05, 4.69) is 43.5 Å². The molecule has 0 radical (unpaired) electrons. The maximum absolute atomic E-state index is 5.73. The average molecular weight is 340 g/mol. The highest BCUT2D eigenvalue weighted by molar-refractivity contribution is 7.10. The zero-order valence-corrected chi connectivity index (χ0v) is 14.4. The van der Waals surface area contributed by atoms with Crippen molar-refractivity contribution >= 4 is 34.0 Å². The zero-order chi connectivity index (χ0) is 16.5. The van der Waals surface area contributed by atoms with Gasteiger partial charge in [-0.15, -0.1) is 11.3 Å². The van der Waals surface area contributed by atoms with Crippen LogP contribution in [0.5, 0.6) is 0 Å². The number of aromatic nitrogens is 3. The van der Waals surface area contributed by atoms with Crippen LogP contribution >= 0.6 is 11.3 Å². The van der Waals surface area contributed by atoms with Gasteiger partial charge < -0.3 is 11.1 Å². The van der Waals surface area contributed by atoms with Crippen molar-refractivity contribution in [1.82, 2.24) is 19.9 Å². The molecule has 6 nitrogen and oxygen atoms in total. The molecule has 0 spiro atoms. The van der Waals surface area contributed by atoms with Gasteiger partial charge in [0.05, 0.1) is 5.39 Å². The second kappa shape index (κ2) is 6.33. The molecule has 0 saturated carbocycles. The summed E-state index contributed by atoms with van der Waals surface area (Å²) in [6.07, 6.45) is 2.68. The Morgan fingerprint density at radius 3 is 3.17 bits per heavy atom. The monoisotopic (exact) mass is 340 g/mol. The molecule has 3 aromatic heterocycles. The minimum Gasteiger partial charge on any atom is -0.384 e. The van der Waals surface area contributed by atoms with Crippen LogP contribution in [0.15, 0.2) is 29.9 Å². The van der Waals surface area contributed by atoms with Crippen LogP contribution in [0.1, 0.15) is 17.4 Å². The van der Waals surface area contributed by atoms with Crippen molar-refractivity contribution in [2.75, 3.05) is 24.1 Å². The minimum atomic E-state index is 0.421. The van der Waals surface area contributed by atoms with Crippen LogP contribution in [0.25, 0.3) is 11.0 Å². The van der Waals surface area contributed by atoms with Crippen molar-refractivity contribution in [3.63, 3.8) is 0 Å². The topological polar surface area (TPSA) is 80.0 Å². The lowest BCUT2D eigenvalue weighted by Gasteiger charge is -2.32. The molecule has 3 aromatic rings. The van der Waals surface area contributed by atoms with Gasteiger partial charge in [0.25, 0.3) is 0 Å². The maximum Gasteiger partial charge on any atom is 0.166 e. The van der Waals surface area contributed by atoms with Crippen molar-refractivity contribution in [2.24, 2.45) is 0 Å². The van der Waals surface area contributed by atoms with Crippen LogP contribution in [-0.4, -0.2) is 39.0 Å². The quantitative estimate of drug-likeness (QED) is 0.760. The highest BCUT2D eigenvalue weighted by Crippen LogP contribution is 2.25. The Balaban J connectivity index is 1.45. The number of fused-ring (bicyclic) bond motifs is 2. The molecule has 4 heterocycles. The Morgan fingerprint density at radius 2 is 2.25 bits per heavy atom. The fraction of sp³-hybridized carbons (Fsp3) is 0.353. The number of anilines is 2. The third-order valence-electron chi connectivity index (χ3n) is 4.54. The van der Waals surface area contributed by atoms with Crippen molar-refractivity contribution in [1.29, 1.82) is 0 Å². The van der Waals surface area contributed by atoms with E-state index in [1.165, 1.54) is 16.8 Å². The Morgan fingerprint density at radius 1 is 1.33 bits per heavy atom. The first-order valence-electron chi connectivity index (χ1n) is 8.11. The molecular formula is C17H20N6S.